The highest BCUT2D eigenvalue weighted by Gasteiger charge is 2.06. The molecular formula is C16H17ClN2O3S. The van der Waals surface area contributed by atoms with Gasteiger partial charge in [-0.3, -0.25) is 4.79 Å². The van der Waals surface area contributed by atoms with Crippen molar-refractivity contribution in [2.45, 2.75) is 18.6 Å². The van der Waals surface area contributed by atoms with Crippen LogP contribution in [0.25, 0.3) is 0 Å². The summed E-state index contributed by atoms with van der Waals surface area (Å²) in [7, 11) is -3.55. The Bertz CT molecular complexity index is 772. The van der Waals surface area contributed by atoms with E-state index in [0.29, 0.717) is 29.1 Å². The minimum atomic E-state index is -3.55. The molecule has 0 spiro atoms. The van der Waals surface area contributed by atoms with E-state index in [1.807, 2.05) is 12.1 Å². The van der Waals surface area contributed by atoms with Gasteiger partial charge in [-0.15, -0.1) is 0 Å². The number of sulfonamides is 1. The van der Waals surface area contributed by atoms with E-state index in [2.05, 4.69) is 5.32 Å². The minimum absolute atomic E-state index is 0.112. The first-order valence-electron chi connectivity index (χ1n) is 6.95. The van der Waals surface area contributed by atoms with Crippen LogP contribution in [0.5, 0.6) is 0 Å². The van der Waals surface area contributed by atoms with Gasteiger partial charge in [-0.2, -0.15) is 0 Å². The number of carbonyl (C=O) groups is 1. The summed E-state index contributed by atoms with van der Waals surface area (Å²) in [6.45, 7) is 0. The van der Waals surface area contributed by atoms with E-state index in [-0.39, 0.29) is 11.7 Å². The first-order valence-corrected chi connectivity index (χ1v) is 9.05. The summed E-state index contributed by atoms with van der Waals surface area (Å²) in [6, 6.07) is 13.9. The number of hydrogen-bond donors (Lipinski definition) is 2. The number of rotatable bonds is 6. The lowest BCUT2D eigenvalue weighted by Gasteiger charge is -2.07. The van der Waals surface area contributed by atoms with Gasteiger partial charge in [0.2, 0.25) is 15.9 Å². The largest absolute Gasteiger partial charge is 0.326 e. The monoisotopic (exact) mass is 352 g/mol. The fourth-order valence-corrected chi connectivity index (χ4v) is 2.83. The molecule has 122 valence electrons. The SMILES string of the molecule is NS(=O)(=O)Cc1ccc(NC(=O)CCc2ccc(Cl)cc2)cc1. The molecular weight excluding hydrogens is 336 g/mol. The minimum Gasteiger partial charge on any atom is -0.326 e. The Morgan fingerprint density at radius 3 is 2.13 bits per heavy atom. The Hall–Kier alpha value is -1.89. The molecule has 5 nitrogen and oxygen atoms in total. The van der Waals surface area contributed by atoms with Crippen molar-refractivity contribution in [3.63, 3.8) is 0 Å². The highest BCUT2D eigenvalue weighted by molar-refractivity contribution is 7.88. The number of anilines is 1. The standard InChI is InChI=1S/C16H17ClN2O3S/c17-14-6-1-12(2-7-14)5-10-16(20)19-15-8-3-13(4-9-15)11-23(18,21)22/h1-4,6-9H,5,10-11H2,(H,19,20)(H2,18,21,22). The van der Waals surface area contributed by atoms with Gasteiger partial charge < -0.3 is 5.32 Å². The van der Waals surface area contributed by atoms with Crippen LogP contribution in [-0.2, 0) is 27.0 Å². The van der Waals surface area contributed by atoms with E-state index in [0.717, 1.165) is 5.56 Å². The summed E-state index contributed by atoms with van der Waals surface area (Å²) < 4.78 is 22.0. The summed E-state index contributed by atoms with van der Waals surface area (Å²) in [6.07, 6.45) is 0.965. The number of amides is 1. The molecule has 23 heavy (non-hydrogen) atoms. The quantitative estimate of drug-likeness (QED) is 0.837. The molecule has 0 aliphatic rings. The second-order valence-electron chi connectivity index (χ2n) is 5.18. The van der Waals surface area contributed by atoms with Crippen molar-refractivity contribution < 1.29 is 13.2 Å². The van der Waals surface area contributed by atoms with E-state index in [1.54, 1.807) is 36.4 Å². The second-order valence-corrected chi connectivity index (χ2v) is 7.23. The summed E-state index contributed by atoms with van der Waals surface area (Å²) in [4.78, 5) is 11.9. The molecule has 0 fully saturated rings. The molecule has 0 bridgehead atoms. The number of nitrogens with two attached hydrogens (primary N) is 1. The van der Waals surface area contributed by atoms with Gasteiger partial charge in [-0.1, -0.05) is 35.9 Å². The van der Waals surface area contributed by atoms with Crippen molar-refractivity contribution in [1.29, 1.82) is 0 Å². The highest BCUT2D eigenvalue weighted by Crippen LogP contribution is 2.13. The van der Waals surface area contributed by atoms with Crippen LogP contribution in [0.3, 0.4) is 0 Å². The third-order valence-electron chi connectivity index (χ3n) is 3.16. The van der Waals surface area contributed by atoms with E-state index >= 15 is 0 Å². The Kier molecular flexibility index (Phi) is 5.76. The molecule has 0 unspecified atom stereocenters. The van der Waals surface area contributed by atoms with Gasteiger partial charge in [0.25, 0.3) is 0 Å². The summed E-state index contributed by atoms with van der Waals surface area (Å²) in [5.74, 6) is -0.336. The van der Waals surface area contributed by atoms with Gasteiger partial charge in [0.15, 0.2) is 0 Å². The maximum absolute atomic E-state index is 11.9. The van der Waals surface area contributed by atoms with Crippen molar-refractivity contribution >= 4 is 33.2 Å². The predicted molar refractivity (Wildman–Crippen MR) is 91.7 cm³/mol. The fourth-order valence-electron chi connectivity index (χ4n) is 2.05. The van der Waals surface area contributed by atoms with Crippen LogP contribution in [0, 0.1) is 0 Å². The Balaban J connectivity index is 1.86. The summed E-state index contributed by atoms with van der Waals surface area (Å²) in [5, 5.41) is 8.42. The van der Waals surface area contributed by atoms with Gasteiger partial charge in [-0.25, -0.2) is 13.6 Å². The van der Waals surface area contributed by atoms with Crippen molar-refractivity contribution in [1.82, 2.24) is 0 Å². The normalized spacial score (nSPS) is 11.2. The Morgan fingerprint density at radius 2 is 1.57 bits per heavy atom. The lowest BCUT2D eigenvalue weighted by Crippen LogP contribution is -2.15. The van der Waals surface area contributed by atoms with Gasteiger partial charge in [-0.05, 0) is 41.8 Å². The molecule has 0 radical (unpaired) electrons. The van der Waals surface area contributed by atoms with Crippen LogP contribution >= 0.6 is 11.6 Å². The molecule has 0 atom stereocenters. The predicted octanol–water partition coefficient (Wildman–Crippen LogP) is 2.70. The van der Waals surface area contributed by atoms with Crippen molar-refractivity contribution in [2.24, 2.45) is 5.14 Å². The van der Waals surface area contributed by atoms with Gasteiger partial charge in [0.05, 0.1) is 5.75 Å². The maximum atomic E-state index is 11.9. The average molecular weight is 353 g/mol. The third kappa shape index (κ3) is 6.40. The van der Waals surface area contributed by atoms with Gasteiger partial charge >= 0.3 is 0 Å². The van der Waals surface area contributed by atoms with Gasteiger partial charge in [0, 0.05) is 17.1 Å². The first kappa shape index (κ1) is 17.5. The summed E-state index contributed by atoms with van der Waals surface area (Å²) >= 11 is 5.81. The molecule has 0 heterocycles. The number of primary sulfonamides is 1. The van der Waals surface area contributed by atoms with Crippen molar-refractivity contribution in [3.05, 3.63) is 64.7 Å². The third-order valence-corrected chi connectivity index (χ3v) is 4.15. The fraction of sp³-hybridized carbons (Fsp3) is 0.188. The van der Waals surface area contributed by atoms with E-state index in [4.69, 9.17) is 16.7 Å². The van der Waals surface area contributed by atoms with Crippen LogP contribution in [0.2, 0.25) is 5.02 Å². The molecule has 0 saturated heterocycles. The summed E-state index contributed by atoms with van der Waals surface area (Å²) in [5.41, 5.74) is 2.23. The lowest BCUT2D eigenvalue weighted by molar-refractivity contribution is -0.116. The molecule has 0 aliphatic heterocycles. The second kappa shape index (κ2) is 7.59. The molecule has 2 aromatic carbocycles. The number of nitrogens with one attached hydrogen (secondary N) is 1. The van der Waals surface area contributed by atoms with E-state index in [9.17, 15) is 13.2 Å². The topological polar surface area (TPSA) is 89.3 Å². The average Bonchev–Trinajstić information content (AvgIpc) is 2.47. The number of aryl methyl sites for hydroxylation is 1. The number of hydrogen-bond acceptors (Lipinski definition) is 3. The van der Waals surface area contributed by atoms with Crippen molar-refractivity contribution in [3.8, 4) is 0 Å². The Morgan fingerprint density at radius 1 is 1.00 bits per heavy atom. The molecule has 3 N–H and O–H groups in total. The zero-order valence-corrected chi connectivity index (χ0v) is 13.9. The molecule has 2 aromatic rings. The Labute approximate surface area is 140 Å². The molecule has 1 amide bonds. The molecule has 2 rings (SSSR count). The van der Waals surface area contributed by atoms with Crippen LogP contribution in [0.15, 0.2) is 48.5 Å². The van der Waals surface area contributed by atoms with E-state index in [1.165, 1.54) is 0 Å². The molecule has 7 heteroatoms. The number of halogens is 1. The van der Waals surface area contributed by atoms with E-state index < -0.39 is 10.0 Å². The van der Waals surface area contributed by atoms with Crippen LogP contribution < -0.4 is 10.5 Å². The van der Waals surface area contributed by atoms with Crippen LogP contribution in [0.1, 0.15) is 17.5 Å². The molecule has 0 aliphatic carbocycles. The zero-order chi connectivity index (χ0) is 16.9. The molecule has 0 aromatic heterocycles. The lowest BCUT2D eigenvalue weighted by atomic mass is 10.1. The van der Waals surface area contributed by atoms with Crippen LogP contribution in [-0.4, -0.2) is 14.3 Å². The zero-order valence-electron chi connectivity index (χ0n) is 12.3. The first-order chi connectivity index (χ1) is 10.8. The van der Waals surface area contributed by atoms with Crippen molar-refractivity contribution in [2.75, 3.05) is 5.32 Å². The maximum Gasteiger partial charge on any atom is 0.224 e. The van der Waals surface area contributed by atoms with Gasteiger partial charge in [0.1, 0.15) is 0 Å². The van der Waals surface area contributed by atoms with Crippen LogP contribution in [0.4, 0.5) is 5.69 Å². The number of carbonyl (C=O) groups excluding carboxylic acids is 1. The molecule has 0 saturated carbocycles. The highest BCUT2D eigenvalue weighted by atomic mass is 35.5. The smallest absolute Gasteiger partial charge is 0.224 e. The number of benzene rings is 2.